The lowest BCUT2D eigenvalue weighted by molar-refractivity contribution is -0.576. The Morgan fingerprint density at radius 2 is 1.93 bits per heavy atom. The molecule has 5 fully saturated rings. The van der Waals surface area contributed by atoms with E-state index in [1.807, 2.05) is 6.92 Å². The summed E-state index contributed by atoms with van der Waals surface area (Å²) in [7, 11) is 0. The third kappa shape index (κ3) is 5.49. The van der Waals surface area contributed by atoms with E-state index in [0.29, 0.717) is 12.3 Å². The summed E-state index contributed by atoms with van der Waals surface area (Å²) in [6.45, 7) is 5.90. The van der Waals surface area contributed by atoms with Gasteiger partial charge >= 0.3 is 11.9 Å². The lowest BCUT2D eigenvalue weighted by Gasteiger charge is -2.59. The lowest BCUT2D eigenvalue weighted by Crippen LogP contribution is -2.70. The number of nitrogens with zero attached hydrogens (tertiary/aromatic N) is 1. The molecule has 0 aromatic heterocycles. The molecule has 230 valence electrons. The smallest absolute Gasteiger partial charge is 0.329 e. The topological polar surface area (TPSA) is 193 Å². The molecule has 14 heteroatoms. The summed E-state index contributed by atoms with van der Waals surface area (Å²) in [5, 5.41) is 33.3. The number of aliphatic carboxylic acids is 1. The number of nitrogens with one attached hydrogen (secondary N) is 1. The van der Waals surface area contributed by atoms with Crippen LogP contribution in [0.2, 0.25) is 0 Å². The minimum Gasteiger partial charge on any atom is -0.480 e. The summed E-state index contributed by atoms with van der Waals surface area (Å²) in [6.07, 6.45) is -1.06. The second kappa shape index (κ2) is 11.5. The van der Waals surface area contributed by atoms with Crippen molar-refractivity contribution in [1.29, 1.82) is 0 Å². The van der Waals surface area contributed by atoms with E-state index in [1.165, 1.54) is 18.2 Å². The molecule has 3 N–H and O–H groups in total. The van der Waals surface area contributed by atoms with Crippen molar-refractivity contribution in [3.63, 3.8) is 0 Å². The van der Waals surface area contributed by atoms with E-state index < -0.39 is 65.3 Å². The van der Waals surface area contributed by atoms with Crippen LogP contribution in [0.15, 0.2) is 24.3 Å². The molecule has 6 rings (SSSR count). The van der Waals surface area contributed by atoms with Crippen molar-refractivity contribution in [2.24, 2.45) is 23.7 Å². The van der Waals surface area contributed by atoms with E-state index in [0.717, 1.165) is 25.3 Å². The average molecular weight is 593 g/mol. The number of carbonyl (C=O) groups is 3. The van der Waals surface area contributed by atoms with Crippen molar-refractivity contribution in [1.82, 2.24) is 5.32 Å². The first-order valence-electron chi connectivity index (χ1n) is 14.2. The minimum atomic E-state index is -1.80. The highest BCUT2D eigenvalue weighted by molar-refractivity contribution is 5.86. The highest BCUT2D eigenvalue weighted by Gasteiger charge is 2.69. The SMILES string of the molecule is C[C@H]1[C@H](OC(=O)CCC(=O)N[C@@H](C(=O)O)[C@@H](O)c2cccc([N+](=O)[O-])c2)O[C@@H]2O[C@]3(C)CC[C@H]4[C@H](C)CC[C@@H]1[C@@]24OO3. The molecule has 0 unspecified atom stereocenters. The third-order valence-corrected chi connectivity index (χ3v) is 9.22. The Morgan fingerprint density at radius 1 is 1.17 bits per heavy atom. The van der Waals surface area contributed by atoms with Gasteiger partial charge in [0.25, 0.3) is 5.69 Å². The molecule has 1 spiro atoms. The van der Waals surface area contributed by atoms with Crippen LogP contribution in [0, 0.1) is 33.8 Å². The maximum absolute atomic E-state index is 12.8. The highest BCUT2D eigenvalue weighted by atomic mass is 17.3. The summed E-state index contributed by atoms with van der Waals surface area (Å²) in [4.78, 5) is 59.3. The molecule has 10 atom stereocenters. The fourth-order valence-electron chi connectivity index (χ4n) is 6.95. The Hall–Kier alpha value is -3.17. The number of carboxylic acids is 1. The standard InChI is InChI=1S/C28H36N2O12/c1-14-7-8-19-15(2)25(39-26-28(19)18(14)11-12-27(3,40-26)41-42-28)38-21(32)10-9-20(31)29-22(24(34)35)23(33)16-5-4-6-17(13-16)30(36)37/h4-6,13-15,18-19,22-23,25-26,33H,7-12H2,1-3H3,(H,29,31)(H,34,35)/t14-,15-,18+,19+,22-,23+,25-,26-,27+,28-/m1/s1. The third-order valence-electron chi connectivity index (χ3n) is 9.22. The van der Waals surface area contributed by atoms with Gasteiger partial charge in [-0.1, -0.05) is 26.0 Å². The van der Waals surface area contributed by atoms with Gasteiger partial charge in [-0.15, -0.1) is 0 Å². The average Bonchev–Trinajstić information content (AvgIpc) is 3.18. The first-order chi connectivity index (χ1) is 19.8. The molecule has 42 heavy (non-hydrogen) atoms. The summed E-state index contributed by atoms with van der Waals surface area (Å²) in [5.74, 6) is -3.90. The molecular weight excluding hydrogens is 556 g/mol. The lowest BCUT2D eigenvalue weighted by atomic mass is 9.58. The van der Waals surface area contributed by atoms with Gasteiger partial charge < -0.3 is 29.7 Å². The summed E-state index contributed by atoms with van der Waals surface area (Å²) >= 11 is 0. The van der Waals surface area contributed by atoms with Gasteiger partial charge in [-0.25, -0.2) is 14.6 Å². The molecule has 1 aromatic rings. The molecule has 4 aliphatic heterocycles. The van der Waals surface area contributed by atoms with E-state index in [2.05, 4.69) is 12.2 Å². The van der Waals surface area contributed by atoms with E-state index in [1.54, 1.807) is 6.92 Å². The van der Waals surface area contributed by atoms with E-state index in [9.17, 15) is 34.7 Å². The van der Waals surface area contributed by atoms with Crippen molar-refractivity contribution in [3.8, 4) is 0 Å². The number of aliphatic hydroxyl groups is 1. The van der Waals surface area contributed by atoms with E-state index in [-0.39, 0.29) is 35.4 Å². The van der Waals surface area contributed by atoms with Crippen LogP contribution in [-0.2, 0) is 38.4 Å². The fourth-order valence-corrected chi connectivity index (χ4v) is 6.95. The molecule has 1 aliphatic carbocycles. The van der Waals surface area contributed by atoms with Crippen LogP contribution in [0.3, 0.4) is 0 Å². The Kier molecular flexibility index (Phi) is 8.29. The molecule has 2 bridgehead atoms. The maximum Gasteiger partial charge on any atom is 0.329 e. The quantitative estimate of drug-likeness (QED) is 0.165. The second-order valence-electron chi connectivity index (χ2n) is 11.9. The number of ether oxygens (including phenoxy) is 3. The predicted molar refractivity (Wildman–Crippen MR) is 140 cm³/mol. The predicted octanol–water partition coefficient (Wildman–Crippen LogP) is 2.73. The van der Waals surface area contributed by atoms with E-state index in [4.69, 9.17) is 24.0 Å². The van der Waals surface area contributed by atoms with Crippen LogP contribution in [-0.4, -0.2) is 63.0 Å². The normalized spacial score (nSPS) is 36.6. The number of amides is 1. The number of non-ortho nitro benzene ring substituents is 1. The number of benzene rings is 1. The summed E-state index contributed by atoms with van der Waals surface area (Å²) in [5.41, 5.74) is -1.22. The minimum absolute atomic E-state index is 0.0606. The van der Waals surface area contributed by atoms with Crippen LogP contribution < -0.4 is 5.32 Å². The number of nitro benzene ring substituents is 1. The zero-order chi connectivity index (χ0) is 30.4. The van der Waals surface area contributed by atoms with Gasteiger partial charge in [0, 0.05) is 36.8 Å². The maximum atomic E-state index is 12.8. The van der Waals surface area contributed by atoms with Crippen molar-refractivity contribution in [2.75, 3.05) is 0 Å². The van der Waals surface area contributed by atoms with Crippen molar-refractivity contribution >= 4 is 23.5 Å². The Morgan fingerprint density at radius 3 is 2.64 bits per heavy atom. The molecule has 1 amide bonds. The van der Waals surface area contributed by atoms with Gasteiger partial charge in [0.15, 0.2) is 17.9 Å². The number of carboxylic acid groups (broad SMARTS) is 1. The number of hydrogen-bond donors (Lipinski definition) is 3. The fraction of sp³-hybridized carbons (Fsp3) is 0.679. The molecule has 0 radical (unpaired) electrons. The number of hydrogen-bond acceptors (Lipinski definition) is 11. The monoisotopic (exact) mass is 592 g/mol. The number of aliphatic hydroxyl groups excluding tert-OH is 1. The van der Waals surface area contributed by atoms with Gasteiger partial charge in [0.1, 0.15) is 6.10 Å². The zero-order valence-electron chi connectivity index (χ0n) is 23.6. The number of rotatable bonds is 9. The van der Waals surface area contributed by atoms with Crippen molar-refractivity contribution in [3.05, 3.63) is 39.9 Å². The van der Waals surface area contributed by atoms with Crippen LogP contribution in [0.25, 0.3) is 0 Å². The molecule has 1 aromatic carbocycles. The summed E-state index contributed by atoms with van der Waals surface area (Å²) in [6, 6.07) is 3.01. The molecule has 1 saturated carbocycles. The Bertz CT molecular complexity index is 1240. The number of esters is 1. The van der Waals surface area contributed by atoms with Crippen molar-refractivity contribution in [2.45, 2.75) is 95.4 Å². The zero-order valence-corrected chi connectivity index (χ0v) is 23.6. The van der Waals surface area contributed by atoms with Crippen LogP contribution in [0.1, 0.15) is 71.0 Å². The Labute approximate surface area is 241 Å². The molecule has 14 nitrogen and oxygen atoms in total. The molecule has 5 aliphatic rings. The van der Waals surface area contributed by atoms with Crippen molar-refractivity contribution < 1.29 is 53.5 Å². The van der Waals surface area contributed by atoms with Gasteiger partial charge in [0.2, 0.25) is 18.0 Å². The van der Waals surface area contributed by atoms with Crippen LogP contribution >= 0.6 is 0 Å². The largest absolute Gasteiger partial charge is 0.480 e. The van der Waals surface area contributed by atoms with E-state index >= 15 is 0 Å². The molecule has 4 heterocycles. The Balaban J connectivity index is 1.20. The van der Waals surface area contributed by atoms with Crippen LogP contribution in [0.5, 0.6) is 0 Å². The van der Waals surface area contributed by atoms with Crippen LogP contribution in [0.4, 0.5) is 5.69 Å². The first kappa shape index (κ1) is 30.3. The number of nitro groups is 1. The molecule has 4 saturated heterocycles. The first-order valence-corrected chi connectivity index (χ1v) is 14.2. The van der Waals surface area contributed by atoms with Gasteiger partial charge in [-0.3, -0.25) is 19.7 Å². The highest BCUT2D eigenvalue weighted by Crippen LogP contribution is 2.60. The summed E-state index contributed by atoms with van der Waals surface area (Å²) < 4.78 is 18.1. The molecular formula is C28H36N2O12. The van der Waals surface area contributed by atoms with Gasteiger partial charge in [0.05, 0.1) is 11.3 Å². The van der Waals surface area contributed by atoms with Gasteiger partial charge in [-0.2, -0.15) is 0 Å². The number of carbonyl (C=O) groups excluding carboxylic acids is 2. The van der Waals surface area contributed by atoms with Gasteiger partial charge in [-0.05, 0) is 43.6 Å². The number of fused-ring (bicyclic) bond motifs is 2. The second-order valence-corrected chi connectivity index (χ2v) is 11.9.